The van der Waals surface area contributed by atoms with E-state index in [1.807, 2.05) is 18.3 Å². The van der Waals surface area contributed by atoms with E-state index in [0.717, 1.165) is 25.5 Å². The van der Waals surface area contributed by atoms with Gasteiger partial charge in [-0.1, -0.05) is 6.07 Å². The third kappa shape index (κ3) is 1.87. The van der Waals surface area contributed by atoms with Crippen LogP contribution < -0.4 is 4.90 Å². The van der Waals surface area contributed by atoms with Crippen molar-refractivity contribution < 1.29 is 0 Å². The minimum Gasteiger partial charge on any atom is -0.354 e. The number of pyridine rings is 1. The molecule has 0 saturated carbocycles. The van der Waals surface area contributed by atoms with Gasteiger partial charge in [0.2, 0.25) is 0 Å². The lowest BCUT2D eigenvalue weighted by Gasteiger charge is -2.38. The fraction of sp³-hybridized carbons (Fsp3) is 0.545. The quantitative estimate of drug-likeness (QED) is 0.665. The molecule has 3 heteroatoms. The van der Waals surface area contributed by atoms with Crippen LogP contribution in [0.15, 0.2) is 24.4 Å². The number of piperazine rings is 1. The van der Waals surface area contributed by atoms with Gasteiger partial charge in [0.1, 0.15) is 5.82 Å². The van der Waals surface area contributed by atoms with Crippen LogP contribution in [0.25, 0.3) is 0 Å². The highest BCUT2D eigenvalue weighted by Gasteiger charge is 2.20. The summed E-state index contributed by atoms with van der Waals surface area (Å²) < 4.78 is 0. The van der Waals surface area contributed by atoms with Gasteiger partial charge in [0.15, 0.2) is 0 Å². The van der Waals surface area contributed by atoms with E-state index >= 15 is 0 Å². The number of aromatic nitrogens is 1. The fourth-order valence-corrected chi connectivity index (χ4v) is 1.80. The summed E-state index contributed by atoms with van der Waals surface area (Å²) in [5.41, 5.74) is 0. The van der Waals surface area contributed by atoms with Gasteiger partial charge in [0.05, 0.1) is 0 Å². The Hall–Kier alpha value is -1.09. The number of nitrogens with zero attached hydrogens (tertiary/aromatic N) is 3. The van der Waals surface area contributed by atoms with Gasteiger partial charge in [-0.15, -0.1) is 0 Å². The number of likely N-dealkylation sites (N-methyl/N-ethyl adjacent to an activating group) is 1. The van der Waals surface area contributed by atoms with Crippen LogP contribution in [0, 0.1) is 0 Å². The van der Waals surface area contributed by atoms with Crippen molar-refractivity contribution in [3.63, 3.8) is 0 Å². The van der Waals surface area contributed by atoms with Gasteiger partial charge in [0, 0.05) is 31.9 Å². The molecule has 0 aliphatic carbocycles. The van der Waals surface area contributed by atoms with E-state index in [1.165, 1.54) is 0 Å². The van der Waals surface area contributed by atoms with Crippen LogP contribution >= 0.6 is 0 Å². The average Bonchev–Trinajstić information content (AvgIpc) is 2.23. The van der Waals surface area contributed by atoms with E-state index in [4.69, 9.17) is 0 Å². The topological polar surface area (TPSA) is 19.4 Å². The van der Waals surface area contributed by atoms with E-state index in [0.29, 0.717) is 6.04 Å². The summed E-state index contributed by atoms with van der Waals surface area (Å²) in [4.78, 5) is 9.11. The zero-order valence-corrected chi connectivity index (χ0v) is 8.85. The molecule has 1 aromatic rings. The van der Waals surface area contributed by atoms with Gasteiger partial charge in [-0.05, 0) is 26.1 Å². The van der Waals surface area contributed by atoms with E-state index in [-0.39, 0.29) is 0 Å². The molecule has 14 heavy (non-hydrogen) atoms. The summed E-state index contributed by atoms with van der Waals surface area (Å²) in [7, 11) is 2.18. The zero-order chi connectivity index (χ0) is 9.97. The lowest BCUT2D eigenvalue weighted by atomic mass is 10.2. The lowest BCUT2D eigenvalue weighted by molar-refractivity contribution is 0.233. The van der Waals surface area contributed by atoms with Crippen molar-refractivity contribution in [2.24, 2.45) is 0 Å². The molecule has 1 aliphatic heterocycles. The summed E-state index contributed by atoms with van der Waals surface area (Å²) in [6.45, 7) is 5.54. The van der Waals surface area contributed by atoms with Crippen LogP contribution in [-0.2, 0) is 0 Å². The molecule has 76 valence electrons. The fourth-order valence-electron chi connectivity index (χ4n) is 1.80. The maximum Gasteiger partial charge on any atom is 0.128 e. The summed E-state index contributed by atoms with van der Waals surface area (Å²) >= 11 is 0. The van der Waals surface area contributed by atoms with Crippen LogP contribution in [0.3, 0.4) is 0 Å². The van der Waals surface area contributed by atoms with E-state index in [9.17, 15) is 0 Å². The maximum absolute atomic E-state index is 4.37. The molecule has 2 heterocycles. The molecule has 3 nitrogen and oxygen atoms in total. The monoisotopic (exact) mass is 191 g/mol. The summed E-state index contributed by atoms with van der Waals surface area (Å²) in [5.74, 6) is 1.10. The van der Waals surface area contributed by atoms with Crippen LogP contribution in [-0.4, -0.2) is 42.6 Å². The minimum absolute atomic E-state index is 0.616. The Morgan fingerprint density at radius 3 is 2.86 bits per heavy atom. The molecular formula is C11H17N3. The van der Waals surface area contributed by atoms with Crippen LogP contribution in [0.1, 0.15) is 6.92 Å². The second-order valence-corrected chi connectivity index (χ2v) is 3.96. The molecule has 1 aliphatic rings. The molecule has 0 bridgehead atoms. The Morgan fingerprint density at radius 2 is 2.21 bits per heavy atom. The highest BCUT2D eigenvalue weighted by Crippen LogP contribution is 2.14. The number of hydrogen-bond acceptors (Lipinski definition) is 3. The van der Waals surface area contributed by atoms with Gasteiger partial charge < -0.3 is 9.80 Å². The minimum atomic E-state index is 0.616. The molecular weight excluding hydrogens is 174 g/mol. The molecule has 2 rings (SSSR count). The van der Waals surface area contributed by atoms with Gasteiger partial charge in [-0.25, -0.2) is 4.98 Å². The molecule has 0 radical (unpaired) electrons. The predicted octanol–water partition coefficient (Wildman–Crippen LogP) is 1.22. The average molecular weight is 191 g/mol. The molecule has 0 amide bonds. The first-order valence-electron chi connectivity index (χ1n) is 5.13. The molecule has 0 spiro atoms. The second kappa shape index (κ2) is 3.96. The Bertz CT molecular complexity index is 286. The summed E-state index contributed by atoms with van der Waals surface area (Å²) in [6, 6.07) is 6.71. The Balaban J connectivity index is 2.07. The van der Waals surface area contributed by atoms with Crippen molar-refractivity contribution in [2.75, 3.05) is 31.6 Å². The maximum atomic E-state index is 4.37. The molecule has 1 aromatic heterocycles. The van der Waals surface area contributed by atoms with Crippen molar-refractivity contribution in [3.05, 3.63) is 24.4 Å². The first kappa shape index (κ1) is 9.46. The van der Waals surface area contributed by atoms with Crippen molar-refractivity contribution in [3.8, 4) is 0 Å². The Kier molecular flexibility index (Phi) is 2.68. The van der Waals surface area contributed by atoms with Crippen LogP contribution in [0.5, 0.6) is 0 Å². The molecule has 0 aromatic carbocycles. The first-order valence-corrected chi connectivity index (χ1v) is 5.13. The van der Waals surface area contributed by atoms with Gasteiger partial charge >= 0.3 is 0 Å². The first-order chi connectivity index (χ1) is 6.77. The summed E-state index contributed by atoms with van der Waals surface area (Å²) in [6.07, 6.45) is 1.86. The van der Waals surface area contributed by atoms with Crippen LogP contribution in [0.4, 0.5) is 5.82 Å². The van der Waals surface area contributed by atoms with Crippen molar-refractivity contribution in [2.45, 2.75) is 13.0 Å². The van der Waals surface area contributed by atoms with Crippen molar-refractivity contribution in [1.82, 2.24) is 9.88 Å². The SMILES string of the molecule is C[C@H]1CN(c2ccccn2)CCN1C. The molecule has 0 N–H and O–H groups in total. The second-order valence-electron chi connectivity index (χ2n) is 3.96. The normalized spacial score (nSPS) is 23.9. The molecule has 0 unspecified atom stereocenters. The third-order valence-electron chi connectivity index (χ3n) is 2.93. The van der Waals surface area contributed by atoms with E-state index in [2.05, 4.69) is 34.8 Å². The van der Waals surface area contributed by atoms with Crippen molar-refractivity contribution in [1.29, 1.82) is 0 Å². The molecule has 1 fully saturated rings. The smallest absolute Gasteiger partial charge is 0.128 e. The highest BCUT2D eigenvalue weighted by atomic mass is 15.3. The number of hydrogen-bond donors (Lipinski definition) is 0. The van der Waals surface area contributed by atoms with Crippen molar-refractivity contribution >= 4 is 5.82 Å². The largest absolute Gasteiger partial charge is 0.354 e. The Morgan fingerprint density at radius 1 is 1.36 bits per heavy atom. The third-order valence-corrected chi connectivity index (χ3v) is 2.93. The predicted molar refractivity (Wildman–Crippen MR) is 58.5 cm³/mol. The molecule has 1 atom stereocenters. The number of anilines is 1. The van der Waals surface area contributed by atoms with Gasteiger partial charge in [-0.3, -0.25) is 0 Å². The van der Waals surface area contributed by atoms with E-state index < -0.39 is 0 Å². The Labute approximate surface area is 85.4 Å². The number of rotatable bonds is 1. The highest BCUT2D eigenvalue weighted by molar-refractivity contribution is 5.38. The lowest BCUT2D eigenvalue weighted by Crippen LogP contribution is -2.50. The van der Waals surface area contributed by atoms with Crippen LogP contribution in [0.2, 0.25) is 0 Å². The van der Waals surface area contributed by atoms with Gasteiger partial charge in [-0.2, -0.15) is 0 Å². The van der Waals surface area contributed by atoms with Gasteiger partial charge in [0.25, 0.3) is 0 Å². The molecule has 1 saturated heterocycles. The van der Waals surface area contributed by atoms with E-state index in [1.54, 1.807) is 0 Å². The zero-order valence-electron chi connectivity index (χ0n) is 8.85. The summed E-state index contributed by atoms with van der Waals surface area (Å²) in [5, 5.41) is 0. The standard InChI is InChI=1S/C11H17N3/c1-10-9-14(8-7-13(10)2)11-5-3-4-6-12-11/h3-6,10H,7-9H2,1-2H3/t10-/m0/s1.